The van der Waals surface area contributed by atoms with Crippen LogP contribution in [0.5, 0.6) is 0 Å². The van der Waals surface area contributed by atoms with Crippen LogP contribution in [0, 0.1) is 0 Å². The van der Waals surface area contributed by atoms with Gasteiger partial charge in [0.05, 0.1) is 6.61 Å². The fourth-order valence-corrected chi connectivity index (χ4v) is 4.56. The van der Waals surface area contributed by atoms with Gasteiger partial charge in [0.15, 0.2) is 8.32 Å². The summed E-state index contributed by atoms with van der Waals surface area (Å²) in [4.78, 5) is 26.7. The molecule has 0 aliphatic carbocycles. The van der Waals surface area contributed by atoms with E-state index in [0.29, 0.717) is 26.2 Å². The Labute approximate surface area is 233 Å². The molecule has 38 heavy (non-hydrogen) atoms. The molecule has 0 aliphatic rings. The fourth-order valence-electron chi connectivity index (χ4n) is 3.52. The monoisotopic (exact) mass is 547 g/mol. The van der Waals surface area contributed by atoms with Gasteiger partial charge in [0.1, 0.15) is 12.2 Å². The van der Waals surface area contributed by atoms with E-state index in [4.69, 9.17) is 13.9 Å². The smallest absolute Gasteiger partial charge is 0.410 e. The van der Waals surface area contributed by atoms with Crippen LogP contribution in [-0.2, 0) is 25.3 Å². The summed E-state index contributed by atoms with van der Waals surface area (Å²) in [5.74, 6) is -0.157. The van der Waals surface area contributed by atoms with Gasteiger partial charge in [-0.2, -0.15) is 0 Å². The van der Waals surface area contributed by atoms with Crippen LogP contribution in [0.25, 0.3) is 0 Å². The van der Waals surface area contributed by atoms with Gasteiger partial charge < -0.3 is 18.8 Å². The fraction of sp³-hybridized carbons (Fsp3) is 0.677. The zero-order valence-electron chi connectivity index (χ0n) is 25.5. The van der Waals surface area contributed by atoms with Gasteiger partial charge in [-0.15, -0.1) is 0 Å². The van der Waals surface area contributed by atoms with Crippen molar-refractivity contribution in [1.29, 1.82) is 0 Å². The highest BCUT2D eigenvalue weighted by atomic mass is 28.4. The predicted octanol–water partition coefficient (Wildman–Crippen LogP) is 8.27. The average Bonchev–Trinajstić information content (AvgIpc) is 2.80. The average molecular weight is 548 g/mol. The van der Waals surface area contributed by atoms with Gasteiger partial charge in [0, 0.05) is 19.0 Å². The number of nitrogens with zero attached hydrogens (tertiary/aromatic N) is 1. The number of esters is 1. The third-order valence-electron chi connectivity index (χ3n) is 6.92. The molecular formula is C31H53NO5Si. The zero-order valence-corrected chi connectivity index (χ0v) is 26.5. The minimum atomic E-state index is -1.88. The largest absolute Gasteiger partial charge is 0.461 e. The Morgan fingerprint density at radius 1 is 0.974 bits per heavy atom. The van der Waals surface area contributed by atoms with Crippen molar-refractivity contribution in [3.05, 3.63) is 48.0 Å². The molecule has 0 aromatic heterocycles. The molecule has 0 aliphatic heterocycles. The second-order valence-corrected chi connectivity index (χ2v) is 17.4. The Hall–Kier alpha value is -2.12. The van der Waals surface area contributed by atoms with Crippen molar-refractivity contribution in [3.63, 3.8) is 0 Å². The topological polar surface area (TPSA) is 65.1 Å². The van der Waals surface area contributed by atoms with Crippen LogP contribution in [0.2, 0.25) is 18.1 Å². The highest BCUT2D eigenvalue weighted by Gasteiger charge is 2.37. The van der Waals surface area contributed by atoms with Crippen molar-refractivity contribution in [2.24, 2.45) is 0 Å². The van der Waals surface area contributed by atoms with Crippen LogP contribution in [-0.4, -0.2) is 50.1 Å². The maximum atomic E-state index is 12.9. The van der Waals surface area contributed by atoms with Crippen LogP contribution < -0.4 is 0 Å². The molecular weight excluding hydrogens is 494 g/mol. The quantitative estimate of drug-likeness (QED) is 0.0957. The second kappa shape index (κ2) is 16.1. The molecule has 0 radical (unpaired) electrons. The van der Waals surface area contributed by atoms with Crippen LogP contribution >= 0.6 is 0 Å². The molecule has 0 N–H and O–H groups in total. The highest BCUT2D eigenvalue weighted by Crippen LogP contribution is 2.36. The van der Waals surface area contributed by atoms with Gasteiger partial charge >= 0.3 is 12.1 Å². The Bertz CT molecular complexity index is 855. The summed E-state index contributed by atoms with van der Waals surface area (Å²) >= 11 is 0. The summed E-state index contributed by atoms with van der Waals surface area (Å²) in [6, 6.07) is 9.78. The first kappa shape index (κ1) is 33.9. The Morgan fingerprint density at radius 3 is 2.16 bits per heavy atom. The number of benzene rings is 1. The first-order valence-electron chi connectivity index (χ1n) is 14.1. The molecule has 1 rings (SSSR count). The number of amides is 1. The first-order chi connectivity index (χ1) is 17.6. The van der Waals surface area contributed by atoms with E-state index in [9.17, 15) is 9.59 Å². The van der Waals surface area contributed by atoms with E-state index in [2.05, 4.69) is 52.9 Å². The number of ether oxygens (including phenoxy) is 2. The molecule has 0 unspecified atom stereocenters. The third kappa shape index (κ3) is 14.1. The van der Waals surface area contributed by atoms with Gasteiger partial charge in [-0.05, 0) is 83.5 Å². The molecule has 0 saturated heterocycles. The molecule has 0 bridgehead atoms. The van der Waals surface area contributed by atoms with E-state index in [-0.39, 0.29) is 23.1 Å². The number of hydrogen-bond donors (Lipinski definition) is 0. The number of hydrogen-bond acceptors (Lipinski definition) is 5. The molecule has 0 saturated carbocycles. The number of allylic oxidation sites excluding steroid dienone is 2. The van der Waals surface area contributed by atoms with Crippen molar-refractivity contribution in [1.82, 2.24) is 4.90 Å². The van der Waals surface area contributed by atoms with E-state index in [0.717, 1.165) is 37.7 Å². The van der Waals surface area contributed by atoms with E-state index < -0.39 is 13.9 Å². The molecule has 0 heterocycles. The molecule has 0 fully saturated rings. The number of carbonyl (C=O) groups excluding carboxylic acids is 2. The summed E-state index contributed by atoms with van der Waals surface area (Å²) in [5.41, 5.74) is 0.467. The lowest BCUT2D eigenvalue weighted by atomic mass is 10.1. The maximum Gasteiger partial charge on any atom is 0.410 e. The maximum absolute atomic E-state index is 12.9. The van der Waals surface area contributed by atoms with Crippen LogP contribution in [0.3, 0.4) is 0 Å². The molecule has 7 heteroatoms. The van der Waals surface area contributed by atoms with Crippen molar-refractivity contribution in [2.45, 2.75) is 123 Å². The normalized spacial score (nSPS) is 13.4. The Morgan fingerprint density at radius 2 is 1.58 bits per heavy atom. The van der Waals surface area contributed by atoms with Crippen molar-refractivity contribution in [3.8, 4) is 0 Å². The summed E-state index contributed by atoms with van der Waals surface area (Å²) in [5, 5.41) is 0.129. The standard InChI is InChI=1S/C31H53NO5Si/c1-26(32(29(34)37-30(2,3)4)23-24-36-38(8,9)31(5,6)7)19-15-12-10-11-13-18-22-28(33)35-25-27-20-16-14-17-21-27/h10-11,14,16-17,20-21,26H,12-13,15,18-19,22-25H2,1-9H3/t26-/m0/s1. The molecule has 1 amide bonds. The third-order valence-corrected chi connectivity index (χ3v) is 11.5. The van der Waals surface area contributed by atoms with Crippen molar-refractivity contribution in [2.75, 3.05) is 13.2 Å². The van der Waals surface area contributed by atoms with Gasteiger partial charge in [0.25, 0.3) is 0 Å². The van der Waals surface area contributed by atoms with Crippen LogP contribution in [0.1, 0.15) is 92.6 Å². The number of carbonyl (C=O) groups is 2. The van der Waals surface area contributed by atoms with Crippen LogP contribution in [0.15, 0.2) is 42.5 Å². The molecule has 1 atom stereocenters. The predicted molar refractivity (Wildman–Crippen MR) is 159 cm³/mol. The van der Waals surface area contributed by atoms with Gasteiger partial charge in [0.2, 0.25) is 0 Å². The Kier molecular flexibility index (Phi) is 14.4. The van der Waals surface area contributed by atoms with E-state index in [1.165, 1.54) is 0 Å². The molecule has 1 aromatic rings. The van der Waals surface area contributed by atoms with Gasteiger partial charge in [-0.25, -0.2) is 4.79 Å². The summed E-state index contributed by atoms with van der Waals surface area (Å²) in [6.45, 7) is 20.3. The lowest BCUT2D eigenvalue weighted by Gasteiger charge is -2.37. The van der Waals surface area contributed by atoms with E-state index in [1.54, 1.807) is 0 Å². The highest BCUT2D eigenvalue weighted by molar-refractivity contribution is 6.74. The van der Waals surface area contributed by atoms with Crippen molar-refractivity contribution >= 4 is 20.4 Å². The van der Waals surface area contributed by atoms with Crippen LogP contribution in [0.4, 0.5) is 4.79 Å². The van der Waals surface area contributed by atoms with Gasteiger partial charge in [-0.3, -0.25) is 4.79 Å². The second-order valence-electron chi connectivity index (χ2n) is 12.6. The SMILES string of the molecule is C[C@@H](CCCC=CCCCC(=O)OCc1ccccc1)N(CCO[Si](C)(C)C(C)(C)C)C(=O)OC(C)(C)C. The summed E-state index contributed by atoms with van der Waals surface area (Å²) < 4.78 is 17.4. The zero-order chi connectivity index (χ0) is 28.8. The lowest BCUT2D eigenvalue weighted by molar-refractivity contribution is -0.145. The van der Waals surface area contributed by atoms with E-state index >= 15 is 0 Å². The molecule has 0 spiro atoms. The summed E-state index contributed by atoms with van der Waals surface area (Å²) in [7, 11) is -1.88. The number of unbranched alkanes of at least 4 members (excludes halogenated alkanes) is 2. The molecule has 216 valence electrons. The van der Waals surface area contributed by atoms with E-state index in [1.807, 2.05) is 56.0 Å². The van der Waals surface area contributed by atoms with Crippen molar-refractivity contribution < 1.29 is 23.5 Å². The Balaban J connectivity index is 2.40. The summed E-state index contributed by atoms with van der Waals surface area (Å²) in [6.07, 6.45) is 8.87. The number of rotatable bonds is 15. The minimum absolute atomic E-state index is 0.0562. The van der Waals surface area contributed by atoms with Gasteiger partial charge in [-0.1, -0.05) is 63.3 Å². The first-order valence-corrected chi connectivity index (χ1v) is 17.0. The lowest BCUT2D eigenvalue weighted by Crippen LogP contribution is -2.46. The molecule has 1 aromatic carbocycles. The molecule has 6 nitrogen and oxygen atoms in total. The minimum Gasteiger partial charge on any atom is -0.461 e.